The lowest BCUT2D eigenvalue weighted by Gasteiger charge is -2.36. The molecule has 5 rings (SSSR count). The van der Waals surface area contributed by atoms with Crippen molar-refractivity contribution in [1.29, 1.82) is 0 Å². The summed E-state index contributed by atoms with van der Waals surface area (Å²) < 4.78 is 15.4. The highest BCUT2D eigenvalue weighted by Gasteiger charge is 2.32. The Kier molecular flexibility index (Phi) is 6.22. The molecule has 0 bridgehead atoms. The van der Waals surface area contributed by atoms with E-state index in [-0.39, 0.29) is 17.8 Å². The molecule has 0 aliphatic carbocycles. The highest BCUT2D eigenvalue weighted by molar-refractivity contribution is 5.95. The first-order valence-corrected chi connectivity index (χ1v) is 11.6. The molecule has 178 valence electrons. The SMILES string of the molecule is CN(C)c1ncc(-c2ccc(F)cc2)c([C@H]2CCCCN2C(=O)c2cccc(-n3cnnc3)c2)n1. The number of hydrogen-bond donors (Lipinski definition) is 0. The fourth-order valence-corrected chi connectivity index (χ4v) is 4.46. The number of rotatable bonds is 5. The second-order valence-corrected chi connectivity index (χ2v) is 8.80. The molecule has 1 amide bonds. The molecule has 0 saturated carbocycles. The van der Waals surface area contributed by atoms with Gasteiger partial charge in [-0.25, -0.2) is 14.4 Å². The summed E-state index contributed by atoms with van der Waals surface area (Å²) in [7, 11) is 3.77. The van der Waals surface area contributed by atoms with Crippen LogP contribution in [0.3, 0.4) is 0 Å². The third-order valence-electron chi connectivity index (χ3n) is 6.25. The van der Waals surface area contributed by atoms with Gasteiger partial charge in [-0.1, -0.05) is 18.2 Å². The maximum Gasteiger partial charge on any atom is 0.254 e. The van der Waals surface area contributed by atoms with E-state index in [4.69, 9.17) is 4.98 Å². The van der Waals surface area contributed by atoms with Crippen molar-refractivity contribution in [3.05, 3.63) is 84.5 Å². The van der Waals surface area contributed by atoms with Gasteiger partial charge in [-0.15, -0.1) is 10.2 Å². The zero-order chi connectivity index (χ0) is 24.4. The van der Waals surface area contributed by atoms with Crippen molar-refractivity contribution in [2.75, 3.05) is 25.5 Å². The second-order valence-electron chi connectivity index (χ2n) is 8.80. The molecular weight excluding hydrogens is 445 g/mol. The molecule has 2 aromatic heterocycles. The zero-order valence-electron chi connectivity index (χ0n) is 19.7. The number of piperidine rings is 1. The molecule has 0 N–H and O–H groups in total. The zero-order valence-corrected chi connectivity index (χ0v) is 19.7. The van der Waals surface area contributed by atoms with Crippen LogP contribution in [0.4, 0.5) is 10.3 Å². The van der Waals surface area contributed by atoms with Gasteiger partial charge in [-0.05, 0) is 55.2 Å². The van der Waals surface area contributed by atoms with Crippen LogP contribution in [0.25, 0.3) is 16.8 Å². The van der Waals surface area contributed by atoms with Gasteiger partial charge in [0.25, 0.3) is 5.91 Å². The van der Waals surface area contributed by atoms with E-state index in [2.05, 4.69) is 15.2 Å². The van der Waals surface area contributed by atoms with Crippen LogP contribution >= 0.6 is 0 Å². The van der Waals surface area contributed by atoms with Gasteiger partial charge in [-0.2, -0.15) is 0 Å². The molecule has 2 aromatic carbocycles. The Morgan fingerprint density at radius 1 is 1.06 bits per heavy atom. The number of nitrogens with zero attached hydrogens (tertiary/aromatic N) is 7. The first kappa shape index (κ1) is 22.6. The topological polar surface area (TPSA) is 80.0 Å². The van der Waals surface area contributed by atoms with E-state index in [1.807, 2.05) is 48.2 Å². The predicted molar refractivity (Wildman–Crippen MR) is 131 cm³/mol. The Labute approximate surface area is 203 Å². The minimum absolute atomic E-state index is 0.0558. The summed E-state index contributed by atoms with van der Waals surface area (Å²) in [6, 6.07) is 13.5. The Hall–Kier alpha value is -4.14. The van der Waals surface area contributed by atoms with Gasteiger partial charge >= 0.3 is 0 Å². The molecule has 9 heteroatoms. The first-order chi connectivity index (χ1) is 17.0. The van der Waals surface area contributed by atoms with Crippen LogP contribution in [-0.2, 0) is 0 Å². The van der Waals surface area contributed by atoms with Crippen LogP contribution in [0.5, 0.6) is 0 Å². The molecule has 1 atom stereocenters. The molecule has 1 aliphatic heterocycles. The van der Waals surface area contributed by atoms with Crippen molar-refractivity contribution in [2.45, 2.75) is 25.3 Å². The van der Waals surface area contributed by atoms with E-state index in [0.717, 1.165) is 41.8 Å². The maximum absolute atomic E-state index is 13.8. The minimum atomic E-state index is -0.302. The summed E-state index contributed by atoms with van der Waals surface area (Å²) >= 11 is 0. The minimum Gasteiger partial charge on any atom is -0.347 e. The van der Waals surface area contributed by atoms with E-state index in [0.29, 0.717) is 18.1 Å². The van der Waals surface area contributed by atoms with E-state index in [9.17, 15) is 9.18 Å². The number of carbonyl (C=O) groups is 1. The van der Waals surface area contributed by atoms with Crippen molar-refractivity contribution in [1.82, 2.24) is 29.6 Å². The lowest BCUT2D eigenvalue weighted by Crippen LogP contribution is -2.39. The lowest BCUT2D eigenvalue weighted by molar-refractivity contribution is 0.0607. The number of amides is 1. The number of benzene rings is 2. The monoisotopic (exact) mass is 471 g/mol. The molecule has 8 nitrogen and oxygen atoms in total. The highest BCUT2D eigenvalue weighted by atomic mass is 19.1. The predicted octanol–water partition coefficient (Wildman–Crippen LogP) is 4.30. The van der Waals surface area contributed by atoms with Gasteiger partial charge < -0.3 is 9.80 Å². The molecular formula is C26H26FN7O. The Bertz CT molecular complexity index is 1320. The van der Waals surface area contributed by atoms with Gasteiger partial charge in [0.1, 0.15) is 18.5 Å². The number of carbonyl (C=O) groups excluding carboxylic acids is 1. The number of anilines is 1. The number of hydrogen-bond acceptors (Lipinski definition) is 6. The van der Waals surface area contributed by atoms with Crippen LogP contribution in [0.1, 0.15) is 41.4 Å². The Balaban J connectivity index is 1.55. The van der Waals surface area contributed by atoms with Crippen LogP contribution in [0.2, 0.25) is 0 Å². The quantitative estimate of drug-likeness (QED) is 0.432. The second kappa shape index (κ2) is 9.61. The van der Waals surface area contributed by atoms with Crippen molar-refractivity contribution < 1.29 is 9.18 Å². The number of halogens is 1. The van der Waals surface area contributed by atoms with Crippen molar-refractivity contribution in [3.63, 3.8) is 0 Å². The van der Waals surface area contributed by atoms with Crippen LogP contribution in [0, 0.1) is 5.82 Å². The van der Waals surface area contributed by atoms with Crippen LogP contribution in [-0.4, -0.2) is 56.2 Å². The van der Waals surface area contributed by atoms with Gasteiger partial charge in [0, 0.05) is 43.7 Å². The normalized spacial score (nSPS) is 15.7. The van der Waals surface area contributed by atoms with Crippen molar-refractivity contribution in [3.8, 4) is 16.8 Å². The average molecular weight is 472 g/mol. The van der Waals surface area contributed by atoms with E-state index in [1.54, 1.807) is 35.6 Å². The van der Waals surface area contributed by atoms with Crippen molar-refractivity contribution >= 4 is 11.9 Å². The van der Waals surface area contributed by atoms with Gasteiger partial charge in [0.2, 0.25) is 5.95 Å². The highest BCUT2D eigenvalue weighted by Crippen LogP contribution is 2.37. The Morgan fingerprint density at radius 3 is 2.57 bits per heavy atom. The molecule has 0 unspecified atom stereocenters. The van der Waals surface area contributed by atoms with E-state index in [1.165, 1.54) is 12.1 Å². The fourth-order valence-electron chi connectivity index (χ4n) is 4.46. The molecule has 0 spiro atoms. The smallest absolute Gasteiger partial charge is 0.254 e. The molecule has 0 radical (unpaired) electrons. The number of aromatic nitrogens is 5. The summed E-state index contributed by atoms with van der Waals surface area (Å²) in [5.74, 6) is 0.210. The summed E-state index contributed by atoms with van der Waals surface area (Å²) in [5.41, 5.74) is 3.81. The summed E-state index contributed by atoms with van der Waals surface area (Å²) in [4.78, 5) is 26.9. The third kappa shape index (κ3) is 4.62. The average Bonchev–Trinajstić information content (AvgIpc) is 3.44. The molecule has 1 saturated heterocycles. The molecule has 4 aromatic rings. The lowest BCUT2D eigenvalue weighted by atomic mass is 9.93. The summed E-state index contributed by atoms with van der Waals surface area (Å²) in [5, 5.41) is 7.71. The standard InChI is InChI=1S/C26H26FN7O/c1-32(2)26-28-15-22(18-9-11-20(27)12-10-18)24(31-26)23-8-3-4-13-34(23)25(35)19-6-5-7-21(14-19)33-16-29-30-17-33/h5-7,9-12,14-17,23H,3-4,8,13H2,1-2H3/t23-/m1/s1. The van der Waals surface area contributed by atoms with E-state index >= 15 is 0 Å². The van der Waals surface area contributed by atoms with E-state index < -0.39 is 0 Å². The van der Waals surface area contributed by atoms with Crippen LogP contribution in [0.15, 0.2) is 67.4 Å². The maximum atomic E-state index is 13.8. The third-order valence-corrected chi connectivity index (χ3v) is 6.25. The van der Waals surface area contributed by atoms with Crippen LogP contribution < -0.4 is 4.90 Å². The molecule has 1 aliphatic rings. The van der Waals surface area contributed by atoms with Crippen molar-refractivity contribution in [2.24, 2.45) is 0 Å². The molecule has 1 fully saturated rings. The fraction of sp³-hybridized carbons (Fsp3) is 0.269. The van der Waals surface area contributed by atoms with Gasteiger partial charge in [0.15, 0.2) is 0 Å². The first-order valence-electron chi connectivity index (χ1n) is 11.6. The Morgan fingerprint density at radius 2 is 1.83 bits per heavy atom. The largest absolute Gasteiger partial charge is 0.347 e. The molecule has 3 heterocycles. The van der Waals surface area contributed by atoms with Gasteiger partial charge in [-0.3, -0.25) is 9.36 Å². The summed E-state index contributed by atoms with van der Waals surface area (Å²) in [6.45, 7) is 0.629. The summed E-state index contributed by atoms with van der Waals surface area (Å²) in [6.07, 6.45) is 7.67. The number of likely N-dealkylation sites (tertiary alicyclic amines) is 1. The van der Waals surface area contributed by atoms with Gasteiger partial charge in [0.05, 0.1) is 11.7 Å². The molecule has 35 heavy (non-hydrogen) atoms.